The van der Waals surface area contributed by atoms with E-state index >= 15 is 0 Å². The van der Waals surface area contributed by atoms with Crippen molar-refractivity contribution in [2.45, 2.75) is 32.6 Å². The van der Waals surface area contributed by atoms with Crippen LogP contribution in [0.4, 0.5) is 5.82 Å². The number of phosphoric ester groups is 1. The molecule has 0 aliphatic heterocycles. The molecule has 0 aliphatic carbocycles. The minimum absolute atomic E-state index is 0.163. The lowest BCUT2D eigenvalue weighted by atomic mass is 10.1. The second-order valence-corrected chi connectivity index (χ2v) is 9.19. The zero-order valence-corrected chi connectivity index (χ0v) is 19.7. The van der Waals surface area contributed by atoms with Gasteiger partial charge in [0.25, 0.3) is 0 Å². The maximum absolute atomic E-state index is 11.9. The van der Waals surface area contributed by atoms with E-state index in [0.29, 0.717) is 29.2 Å². The van der Waals surface area contributed by atoms with Crippen molar-refractivity contribution in [2.75, 3.05) is 12.3 Å². The topological polar surface area (TPSA) is 139 Å². The van der Waals surface area contributed by atoms with E-state index in [9.17, 15) is 9.36 Å². The zero-order chi connectivity index (χ0) is 23.7. The molecule has 0 atom stereocenters. The van der Waals surface area contributed by atoms with Gasteiger partial charge in [-0.25, -0.2) is 14.5 Å². The molecule has 0 unspecified atom stereocenters. The van der Waals surface area contributed by atoms with Gasteiger partial charge in [0.1, 0.15) is 11.6 Å². The molecule has 0 spiro atoms. The number of carbonyl (C=O) groups excluding carboxylic acids is 1. The monoisotopic (exact) mass is 478 g/mol. The molecule has 2 rings (SSSR count). The third-order valence-electron chi connectivity index (χ3n) is 4.51. The zero-order valence-electron chi connectivity index (χ0n) is 18.0. The molecular formula is C21H27N4O5PS. The van der Waals surface area contributed by atoms with Crippen molar-refractivity contribution in [1.82, 2.24) is 14.9 Å². The molecule has 2 aromatic rings. The summed E-state index contributed by atoms with van der Waals surface area (Å²) in [5, 5.41) is 0. The third-order valence-corrected chi connectivity index (χ3v) is 6.35. The normalized spacial score (nSPS) is 12.2. The van der Waals surface area contributed by atoms with Gasteiger partial charge in [0.2, 0.25) is 6.41 Å². The van der Waals surface area contributed by atoms with Crippen molar-refractivity contribution in [2.24, 2.45) is 0 Å². The Labute approximate surface area is 191 Å². The highest BCUT2D eigenvalue weighted by atomic mass is 32.2. The molecule has 9 nitrogen and oxygen atoms in total. The van der Waals surface area contributed by atoms with E-state index in [2.05, 4.69) is 21.1 Å². The van der Waals surface area contributed by atoms with Crippen molar-refractivity contribution in [3.8, 4) is 0 Å². The minimum atomic E-state index is -4.60. The van der Waals surface area contributed by atoms with Crippen LogP contribution in [0.5, 0.6) is 0 Å². The molecule has 0 aliphatic rings. The number of aryl methyl sites for hydroxylation is 1. The van der Waals surface area contributed by atoms with Gasteiger partial charge in [-0.05, 0) is 25.0 Å². The Morgan fingerprint density at radius 1 is 1.41 bits per heavy atom. The summed E-state index contributed by atoms with van der Waals surface area (Å²) in [7, 11) is -4.60. The van der Waals surface area contributed by atoms with Crippen molar-refractivity contribution in [3.05, 3.63) is 70.2 Å². The predicted octanol–water partition coefficient (Wildman–Crippen LogP) is 3.63. The van der Waals surface area contributed by atoms with Gasteiger partial charge in [0, 0.05) is 34.5 Å². The molecule has 172 valence electrons. The Morgan fingerprint density at radius 3 is 2.78 bits per heavy atom. The number of nitrogens with zero attached hydrogens (tertiary/aromatic N) is 3. The molecule has 0 fully saturated rings. The molecular weight excluding hydrogens is 451 g/mol. The van der Waals surface area contributed by atoms with E-state index in [4.69, 9.17) is 15.5 Å². The molecule has 32 heavy (non-hydrogen) atoms. The van der Waals surface area contributed by atoms with E-state index in [1.165, 1.54) is 16.7 Å². The molecule has 1 aromatic heterocycles. The molecule has 11 heteroatoms. The SMILES string of the molecule is C=Cc1cccc(CS/C(CCOP(=O)(O)O)=C(/C)N(C=O)Cc2cnc(C)nc2N)c1. The average molecular weight is 479 g/mol. The summed E-state index contributed by atoms with van der Waals surface area (Å²) in [5.41, 5.74) is 9.21. The van der Waals surface area contributed by atoms with Gasteiger partial charge in [0.15, 0.2) is 0 Å². The highest BCUT2D eigenvalue weighted by Gasteiger charge is 2.17. The first-order chi connectivity index (χ1) is 15.1. The number of rotatable bonds is 12. The van der Waals surface area contributed by atoms with E-state index in [1.807, 2.05) is 24.3 Å². The summed E-state index contributed by atoms with van der Waals surface area (Å²) in [6.45, 7) is 7.23. The molecule has 1 aromatic carbocycles. The Hall–Kier alpha value is -2.49. The number of anilines is 1. The van der Waals surface area contributed by atoms with Crippen molar-refractivity contribution < 1.29 is 23.7 Å². The number of phosphoric acid groups is 1. The van der Waals surface area contributed by atoms with E-state index in [-0.39, 0.29) is 25.4 Å². The molecule has 0 bridgehead atoms. The van der Waals surface area contributed by atoms with Crippen molar-refractivity contribution in [1.29, 1.82) is 0 Å². The molecule has 0 saturated carbocycles. The van der Waals surface area contributed by atoms with Gasteiger partial charge < -0.3 is 20.4 Å². The van der Waals surface area contributed by atoms with E-state index in [1.54, 1.807) is 26.1 Å². The maximum Gasteiger partial charge on any atom is 0.469 e. The first kappa shape index (κ1) is 25.8. The Bertz CT molecular complexity index is 1040. The number of nitrogen functional groups attached to an aromatic ring is 1. The summed E-state index contributed by atoms with van der Waals surface area (Å²) in [6, 6.07) is 7.85. The Kier molecular flexibility index (Phi) is 9.61. The summed E-state index contributed by atoms with van der Waals surface area (Å²) in [4.78, 5) is 40.3. The highest BCUT2D eigenvalue weighted by molar-refractivity contribution is 8.02. The fourth-order valence-corrected chi connectivity index (χ4v) is 4.21. The van der Waals surface area contributed by atoms with Crippen LogP contribution in [0.1, 0.15) is 35.9 Å². The third kappa shape index (κ3) is 8.22. The molecule has 1 heterocycles. The first-order valence-corrected chi connectivity index (χ1v) is 12.2. The van der Waals surface area contributed by atoms with Gasteiger partial charge in [-0.1, -0.05) is 36.9 Å². The number of hydrogen-bond donors (Lipinski definition) is 3. The maximum atomic E-state index is 11.9. The van der Waals surface area contributed by atoms with Crippen LogP contribution in [-0.2, 0) is 26.2 Å². The molecule has 4 N–H and O–H groups in total. The lowest BCUT2D eigenvalue weighted by Gasteiger charge is -2.22. The fourth-order valence-electron chi connectivity index (χ4n) is 2.81. The highest BCUT2D eigenvalue weighted by Crippen LogP contribution is 2.37. The van der Waals surface area contributed by atoms with Crippen LogP contribution in [0.15, 0.2) is 47.6 Å². The summed E-state index contributed by atoms with van der Waals surface area (Å²) >= 11 is 1.46. The number of nitrogens with two attached hydrogens (primary N) is 1. The molecule has 0 radical (unpaired) electrons. The van der Waals surface area contributed by atoms with Crippen LogP contribution < -0.4 is 5.73 Å². The number of hydrogen-bond acceptors (Lipinski definition) is 7. The second kappa shape index (κ2) is 11.9. The standard InChI is InChI=1S/C21H27N4O5PS/c1-4-17-6-5-7-18(10-17)13-32-20(8-9-30-31(27,28)29)15(2)25(14-26)12-19-11-23-16(3)24-21(19)22/h4-7,10-11,14H,1,8-9,12-13H2,2-3H3,(H2,22,23,24)(H2,27,28,29)/b20-15-. The number of amides is 1. The lowest BCUT2D eigenvalue weighted by molar-refractivity contribution is -0.116. The van der Waals surface area contributed by atoms with Crippen LogP contribution in [0.25, 0.3) is 6.08 Å². The van der Waals surface area contributed by atoms with Gasteiger partial charge in [-0.3, -0.25) is 9.32 Å². The van der Waals surface area contributed by atoms with Gasteiger partial charge in [-0.2, -0.15) is 0 Å². The number of benzene rings is 1. The number of aromatic nitrogens is 2. The fraction of sp³-hybridized carbons (Fsp3) is 0.286. The van der Waals surface area contributed by atoms with Crippen LogP contribution >= 0.6 is 19.6 Å². The lowest BCUT2D eigenvalue weighted by Crippen LogP contribution is -2.22. The number of thioether (sulfide) groups is 1. The van der Waals surface area contributed by atoms with Crippen LogP contribution in [0, 0.1) is 6.92 Å². The predicted molar refractivity (Wildman–Crippen MR) is 126 cm³/mol. The van der Waals surface area contributed by atoms with Gasteiger partial charge in [-0.15, -0.1) is 11.8 Å². The molecule has 1 amide bonds. The van der Waals surface area contributed by atoms with Crippen LogP contribution in [0.2, 0.25) is 0 Å². The number of allylic oxidation sites excluding steroid dienone is 1. The van der Waals surface area contributed by atoms with Crippen molar-refractivity contribution in [3.63, 3.8) is 0 Å². The largest absolute Gasteiger partial charge is 0.469 e. The summed E-state index contributed by atoms with van der Waals surface area (Å²) < 4.78 is 15.7. The minimum Gasteiger partial charge on any atom is -0.383 e. The van der Waals surface area contributed by atoms with Crippen LogP contribution in [-0.4, -0.2) is 37.7 Å². The molecule has 0 saturated heterocycles. The average Bonchev–Trinajstić information content (AvgIpc) is 2.74. The Balaban J connectivity index is 2.26. The van der Waals surface area contributed by atoms with E-state index in [0.717, 1.165) is 16.0 Å². The smallest absolute Gasteiger partial charge is 0.383 e. The van der Waals surface area contributed by atoms with E-state index < -0.39 is 7.82 Å². The van der Waals surface area contributed by atoms with Crippen molar-refractivity contribution >= 4 is 37.9 Å². The quantitative estimate of drug-likeness (QED) is 0.308. The summed E-state index contributed by atoms with van der Waals surface area (Å²) in [5.74, 6) is 1.41. The van der Waals surface area contributed by atoms with Gasteiger partial charge >= 0.3 is 7.82 Å². The van der Waals surface area contributed by atoms with Crippen LogP contribution in [0.3, 0.4) is 0 Å². The summed E-state index contributed by atoms with van der Waals surface area (Å²) in [6.07, 6.45) is 4.22. The second-order valence-electron chi connectivity index (χ2n) is 6.88. The number of carbonyl (C=O) groups is 1. The van der Waals surface area contributed by atoms with Gasteiger partial charge in [0.05, 0.1) is 13.2 Å². The first-order valence-electron chi connectivity index (χ1n) is 9.67. The Morgan fingerprint density at radius 2 is 2.16 bits per heavy atom.